The van der Waals surface area contributed by atoms with E-state index >= 15 is 0 Å². The lowest BCUT2D eigenvalue weighted by Crippen LogP contribution is -2.36. The molecule has 0 saturated heterocycles. The number of benzene rings is 1. The maximum atomic E-state index is 12.5. The minimum atomic E-state index is -1.01. The van der Waals surface area contributed by atoms with Crippen molar-refractivity contribution in [3.8, 4) is 5.69 Å². The quantitative estimate of drug-likeness (QED) is 0.817. The second-order valence-electron chi connectivity index (χ2n) is 5.56. The Hall–Kier alpha value is -2.15. The second kappa shape index (κ2) is 7.61. The highest BCUT2D eigenvalue weighted by Gasteiger charge is 2.18. The first kappa shape index (κ1) is 18.2. The number of carbonyl (C=O) groups is 2. The number of carboxylic acids is 1. The van der Waals surface area contributed by atoms with Gasteiger partial charge in [-0.3, -0.25) is 9.59 Å². The third-order valence-corrected chi connectivity index (χ3v) is 4.82. The molecule has 7 heteroatoms. The molecule has 0 atom stereocenters. The number of hydrogen-bond donors (Lipinski definition) is 1. The average Bonchev–Trinajstić information content (AvgIpc) is 2.81. The number of nitrogens with zero attached hydrogens (tertiary/aromatic N) is 3. The van der Waals surface area contributed by atoms with E-state index < -0.39 is 5.97 Å². The number of carboxylic acid groups (broad SMARTS) is 1. The van der Waals surface area contributed by atoms with Gasteiger partial charge in [0, 0.05) is 12.1 Å². The molecule has 2 aromatic rings. The van der Waals surface area contributed by atoms with E-state index in [9.17, 15) is 9.59 Å². The van der Waals surface area contributed by atoms with Crippen LogP contribution in [-0.4, -0.2) is 44.8 Å². The lowest BCUT2D eigenvalue weighted by molar-refractivity contribution is -0.137. The molecule has 0 fully saturated rings. The van der Waals surface area contributed by atoms with Gasteiger partial charge in [-0.15, -0.1) is 0 Å². The van der Waals surface area contributed by atoms with Crippen molar-refractivity contribution in [3.05, 3.63) is 45.7 Å². The minimum absolute atomic E-state index is 0.277. The van der Waals surface area contributed by atoms with Crippen LogP contribution >= 0.6 is 15.9 Å². The Kier molecular flexibility index (Phi) is 5.77. The summed E-state index contributed by atoms with van der Waals surface area (Å²) in [6.45, 7) is 5.90. The molecule has 0 radical (unpaired) electrons. The molecule has 0 aliphatic carbocycles. The highest BCUT2D eigenvalue weighted by Crippen LogP contribution is 2.23. The van der Waals surface area contributed by atoms with Crippen LogP contribution in [-0.2, 0) is 4.79 Å². The Morgan fingerprint density at radius 3 is 2.33 bits per heavy atom. The van der Waals surface area contributed by atoms with Crippen LogP contribution in [0.1, 0.15) is 35.1 Å². The third kappa shape index (κ3) is 3.84. The summed E-state index contributed by atoms with van der Waals surface area (Å²) in [5.41, 5.74) is 3.18. The van der Waals surface area contributed by atoms with Gasteiger partial charge in [-0.2, -0.15) is 5.10 Å². The summed E-state index contributed by atoms with van der Waals surface area (Å²) in [6.07, 6.45) is 0.705. The molecule has 1 heterocycles. The highest BCUT2D eigenvalue weighted by atomic mass is 79.9. The monoisotopic (exact) mass is 393 g/mol. The fourth-order valence-electron chi connectivity index (χ4n) is 2.49. The van der Waals surface area contributed by atoms with Crippen molar-refractivity contribution in [1.29, 1.82) is 0 Å². The van der Waals surface area contributed by atoms with Gasteiger partial charge in [0.25, 0.3) is 5.91 Å². The van der Waals surface area contributed by atoms with E-state index in [1.54, 1.807) is 16.8 Å². The maximum Gasteiger partial charge on any atom is 0.323 e. The lowest BCUT2D eigenvalue weighted by Gasteiger charge is -2.20. The Labute approximate surface area is 149 Å². The summed E-state index contributed by atoms with van der Waals surface area (Å²) >= 11 is 3.49. The summed E-state index contributed by atoms with van der Waals surface area (Å²) in [4.78, 5) is 24.7. The van der Waals surface area contributed by atoms with E-state index in [1.807, 2.05) is 32.9 Å². The molecule has 1 amide bonds. The molecule has 0 bridgehead atoms. The number of rotatable bonds is 6. The van der Waals surface area contributed by atoms with Crippen molar-refractivity contribution in [3.63, 3.8) is 0 Å². The van der Waals surface area contributed by atoms with Crippen LogP contribution in [0, 0.1) is 13.8 Å². The first-order valence-corrected chi connectivity index (χ1v) is 8.47. The molecule has 24 heavy (non-hydrogen) atoms. The molecule has 0 aliphatic heterocycles. The minimum Gasteiger partial charge on any atom is -0.480 e. The molecular weight excluding hydrogens is 374 g/mol. The fourth-order valence-corrected chi connectivity index (χ4v) is 2.74. The molecule has 128 valence electrons. The number of carbonyl (C=O) groups excluding carboxylic acids is 1. The van der Waals surface area contributed by atoms with Gasteiger partial charge in [0.15, 0.2) is 0 Å². The van der Waals surface area contributed by atoms with Crippen LogP contribution in [0.25, 0.3) is 5.69 Å². The van der Waals surface area contributed by atoms with Gasteiger partial charge in [0.1, 0.15) is 6.54 Å². The molecule has 1 N–H and O–H groups in total. The van der Waals surface area contributed by atoms with E-state index in [0.29, 0.717) is 18.5 Å². The summed E-state index contributed by atoms with van der Waals surface area (Å²) < 4.78 is 2.76. The van der Waals surface area contributed by atoms with Crippen LogP contribution < -0.4 is 0 Å². The first-order chi connectivity index (χ1) is 11.3. The third-order valence-electron chi connectivity index (χ3n) is 3.67. The van der Waals surface area contributed by atoms with Crippen LogP contribution in [0.4, 0.5) is 0 Å². The normalized spacial score (nSPS) is 10.7. The SMILES string of the molecule is CCCN(CC(=O)O)C(=O)c1ccc(-n2nc(C)c(Br)c2C)cc1. The maximum absolute atomic E-state index is 12.5. The van der Waals surface area contributed by atoms with Gasteiger partial charge in [0.05, 0.1) is 21.5 Å². The van der Waals surface area contributed by atoms with E-state index in [-0.39, 0.29) is 12.5 Å². The lowest BCUT2D eigenvalue weighted by atomic mass is 10.1. The number of aliphatic carboxylic acids is 1. The number of halogens is 1. The second-order valence-corrected chi connectivity index (χ2v) is 6.36. The van der Waals surface area contributed by atoms with Crippen molar-refractivity contribution in [2.75, 3.05) is 13.1 Å². The van der Waals surface area contributed by atoms with Gasteiger partial charge in [-0.05, 0) is 60.5 Å². The fraction of sp³-hybridized carbons (Fsp3) is 0.353. The molecular formula is C17H20BrN3O3. The zero-order valence-corrected chi connectivity index (χ0v) is 15.5. The first-order valence-electron chi connectivity index (χ1n) is 7.68. The highest BCUT2D eigenvalue weighted by molar-refractivity contribution is 9.10. The Morgan fingerprint density at radius 1 is 1.25 bits per heavy atom. The van der Waals surface area contributed by atoms with Crippen molar-refractivity contribution in [1.82, 2.24) is 14.7 Å². The number of aryl methyl sites for hydroxylation is 1. The summed E-state index contributed by atoms with van der Waals surface area (Å²) in [5, 5.41) is 13.4. The van der Waals surface area contributed by atoms with Gasteiger partial charge >= 0.3 is 5.97 Å². The van der Waals surface area contributed by atoms with Gasteiger partial charge in [-0.1, -0.05) is 6.92 Å². The van der Waals surface area contributed by atoms with Crippen LogP contribution in [0.2, 0.25) is 0 Å². The topological polar surface area (TPSA) is 75.4 Å². The van der Waals surface area contributed by atoms with Crippen LogP contribution in [0.3, 0.4) is 0 Å². The summed E-state index contributed by atoms with van der Waals surface area (Å²) in [5.74, 6) is -1.29. The summed E-state index contributed by atoms with van der Waals surface area (Å²) in [7, 11) is 0. The van der Waals surface area contributed by atoms with E-state index in [4.69, 9.17) is 5.11 Å². The van der Waals surface area contributed by atoms with E-state index in [0.717, 1.165) is 21.5 Å². The Bertz CT molecular complexity index is 753. The molecule has 0 unspecified atom stereocenters. The number of hydrogen-bond acceptors (Lipinski definition) is 3. The molecule has 1 aromatic heterocycles. The van der Waals surface area contributed by atoms with Crippen molar-refractivity contribution in [2.45, 2.75) is 27.2 Å². The van der Waals surface area contributed by atoms with E-state index in [1.165, 1.54) is 4.90 Å². The predicted molar refractivity (Wildman–Crippen MR) is 94.6 cm³/mol. The van der Waals surface area contributed by atoms with Crippen LogP contribution in [0.5, 0.6) is 0 Å². The predicted octanol–water partition coefficient (Wildman–Crippen LogP) is 3.19. The average molecular weight is 394 g/mol. The molecule has 1 aromatic carbocycles. The summed E-state index contributed by atoms with van der Waals surface area (Å²) in [6, 6.07) is 7.02. The van der Waals surface area contributed by atoms with Gasteiger partial charge < -0.3 is 10.0 Å². The van der Waals surface area contributed by atoms with Crippen molar-refractivity contribution in [2.24, 2.45) is 0 Å². The van der Waals surface area contributed by atoms with Gasteiger partial charge in [0.2, 0.25) is 0 Å². The van der Waals surface area contributed by atoms with Crippen LogP contribution in [0.15, 0.2) is 28.7 Å². The zero-order valence-electron chi connectivity index (χ0n) is 13.9. The zero-order chi connectivity index (χ0) is 17.9. The van der Waals surface area contributed by atoms with Crippen molar-refractivity contribution >= 4 is 27.8 Å². The number of aromatic nitrogens is 2. The Balaban J connectivity index is 2.26. The van der Waals surface area contributed by atoms with E-state index in [2.05, 4.69) is 21.0 Å². The smallest absolute Gasteiger partial charge is 0.323 e. The molecule has 2 rings (SSSR count). The molecule has 0 spiro atoms. The standard InChI is InChI=1S/C17H20BrN3O3/c1-4-9-20(10-15(22)23)17(24)13-5-7-14(8-6-13)21-12(3)16(18)11(2)19-21/h5-8H,4,9-10H2,1-3H3,(H,22,23). The molecule has 0 saturated carbocycles. The Morgan fingerprint density at radius 2 is 1.88 bits per heavy atom. The molecule has 0 aliphatic rings. The number of amides is 1. The van der Waals surface area contributed by atoms with Gasteiger partial charge in [-0.25, -0.2) is 4.68 Å². The van der Waals surface area contributed by atoms with Crippen molar-refractivity contribution < 1.29 is 14.7 Å². The largest absolute Gasteiger partial charge is 0.480 e. The molecule has 6 nitrogen and oxygen atoms in total.